The van der Waals surface area contributed by atoms with Crippen molar-refractivity contribution in [3.8, 4) is 5.69 Å². The molecule has 0 fully saturated rings. The number of para-hydroxylation sites is 1. The molecule has 0 aliphatic carbocycles. The van der Waals surface area contributed by atoms with Crippen LogP contribution in [0.1, 0.15) is 28.8 Å². The highest BCUT2D eigenvalue weighted by Crippen LogP contribution is 2.18. The van der Waals surface area contributed by atoms with Gasteiger partial charge < -0.3 is 9.88 Å². The Balaban J connectivity index is 1.61. The van der Waals surface area contributed by atoms with Crippen LogP contribution in [0.4, 0.5) is 4.39 Å². The first-order valence-corrected chi connectivity index (χ1v) is 9.54. The molecule has 30 heavy (non-hydrogen) atoms. The molecule has 2 heterocycles. The normalized spacial score (nSPS) is 11.0. The molecule has 0 radical (unpaired) electrons. The Hall–Kier alpha value is -3.81. The lowest BCUT2D eigenvalue weighted by molar-refractivity contribution is 0.0780. The van der Waals surface area contributed by atoms with E-state index < -0.39 is 0 Å². The zero-order valence-corrected chi connectivity index (χ0v) is 16.6. The predicted octanol–water partition coefficient (Wildman–Crippen LogP) is 3.08. The Morgan fingerprint density at radius 1 is 1.17 bits per heavy atom. The molecule has 0 aliphatic rings. The second-order valence-electron chi connectivity index (χ2n) is 6.94. The van der Waals surface area contributed by atoms with Gasteiger partial charge in [0.25, 0.3) is 11.5 Å². The highest BCUT2D eigenvalue weighted by molar-refractivity contribution is 5.95. The lowest BCUT2D eigenvalue weighted by Gasteiger charge is -2.17. The van der Waals surface area contributed by atoms with Gasteiger partial charge in [0, 0.05) is 7.05 Å². The van der Waals surface area contributed by atoms with Crippen LogP contribution < -0.4 is 5.56 Å². The van der Waals surface area contributed by atoms with Gasteiger partial charge in [0.2, 0.25) is 0 Å². The highest BCUT2D eigenvalue weighted by Gasteiger charge is 2.21. The van der Waals surface area contributed by atoms with E-state index in [0.29, 0.717) is 34.4 Å². The molecule has 0 bridgehead atoms. The molecule has 0 saturated heterocycles. The molecule has 0 atom stereocenters. The van der Waals surface area contributed by atoms with Gasteiger partial charge in [-0.25, -0.2) is 14.1 Å². The van der Waals surface area contributed by atoms with E-state index in [2.05, 4.69) is 15.1 Å². The number of H-pyrrole nitrogens is 1. The average Bonchev–Trinajstić information content (AvgIpc) is 3.17. The Kier molecular flexibility index (Phi) is 5.14. The van der Waals surface area contributed by atoms with Crippen LogP contribution in [0.5, 0.6) is 0 Å². The summed E-state index contributed by atoms with van der Waals surface area (Å²) in [6.45, 7) is 2.07. The Labute approximate surface area is 171 Å². The van der Waals surface area contributed by atoms with Gasteiger partial charge in [-0.05, 0) is 42.8 Å². The third-order valence-corrected chi connectivity index (χ3v) is 4.90. The van der Waals surface area contributed by atoms with Crippen LogP contribution in [0.15, 0.2) is 59.5 Å². The molecular weight excluding hydrogens is 385 g/mol. The van der Waals surface area contributed by atoms with Crippen molar-refractivity contribution in [3.05, 3.63) is 88.0 Å². The van der Waals surface area contributed by atoms with E-state index in [9.17, 15) is 14.0 Å². The van der Waals surface area contributed by atoms with E-state index in [-0.39, 0.29) is 23.8 Å². The van der Waals surface area contributed by atoms with Crippen molar-refractivity contribution in [2.24, 2.45) is 0 Å². The highest BCUT2D eigenvalue weighted by atomic mass is 19.1. The maximum atomic E-state index is 13.2. The van der Waals surface area contributed by atoms with E-state index >= 15 is 0 Å². The number of rotatable bonds is 5. The first-order valence-electron chi connectivity index (χ1n) is 9.54. The van der Waals surface area contributed by atoms with E-state index in [1.165, 1.54) is 23.2 Å². The summed E-state index contributed by atoms with van der Waals surface area (Å²) in [6, 6.07) is 13.0. The lowest BCUT2D eigenvalue weighted by Crippen LogP contribution is -2.29. The number of hydrogen-bond acceptors (Lipinski definition) is 4. The zero-order valence-electron chi connectivity index (χ0n) is 16.6. The SMILES string of the molecule is CCc1c(C(=O)N(C)Cc2nc3ccccc3c(=O)[nH]2)cnn1-c1ccc(F)cc1. The summed E-state index contributed by atoms with van der Waals surface area (Å²) in [5.74, 6) is -0.175. The minimum absolute atomic E-state index is 0.143. The third-order valence-electron chi connectivity index (χ3n) is 4.90. The predicted molar refractivity (Wildman–Crippen MR) is 111 cm³/mol. The van der Waals surface area contributed by atoms with Crippen LogP contribution in [-0.2, 0) is 13.0 Å². The minimum Gasteiger partial charge on any atom is -0.334 e. The van der Waals surface area contributed by atoms with Crippen molar-refractivity contribution in [1.29, 1.82) is 0 Å². The summed E-state index contributed by atoms with van der Waals surface area (Å²) in [6.07, 6.45) is 2.08. The molecule has 4 rings (SSSR count). The maximum Gasteiger partial charge on any atom is 0.258 e. The second-order valence-corrected chi connectivity index (χ2v) is 6.94. The topological polar surface area (TPSA) is 83.9 Å². The fourth-order valence-electron chi connectivity index (χ4n) is 3.41. The van der Waals surface area contributed by atoms with Crippen LogP contribution in [0.2, 0.25) is 0 Å². The summed E-state index contributed by atoms with van der Waals surface area (Å²) < 4.78 is 14.9. The van der Waals surface area contributed by atoms with Crippen LogP contribution in [-0.4, -0.2) is 37.6 Å². The van der Waals surface area contributed by atoms with Crippen molar-refractivity contribution >= 4 is 16.8 Å². The molecule has 0 aliphatic heterocycles. The number of fused-ring (bicyclic) bond motifs is 1. The first-order chi connectivity index (χ1) is 14.5. The summed E-state index contributed by atoms with van der Waals surface area (Å²) in [7, 11) is 1.65. The van der Waals surface area contributed by atoms with Crippen molar-refractivity contribution < 1.29 is 9.18 Å². The van der Waals surface area contributed by atoms with Crippen molar-refractivity contribution in [3.63, 3.8) is 0 Å². The van der Waals surface area contributed by atoms with Crippen LogP contribution in [0.25, 0.3) is 16.6 Å². The number of aromatic nitrogens is 4. The van der Waals surface area contributed by atoms with Crippen molar-refractivity contribution in [2.45, 2.75) is 19.9 Å². The Bertz CT molecular complexity index is 1280. The van der Waals surface area contributed by atoms with E-state index in [1.54, 1.807) is 42.1 Å². The molecule has 1 N–H and O–H groups in total. The second kappa shape index (κ2) is 7.90. The summed E-state index contributed by atoms with van der Waals surface area (Å²) in [4.78, 5) is 34.0. The van der Waals surface area contributed by atoms with Gasteiger partial charge >= 0.3 is 0 Å². The van der Waals surface area contributed by atoms with Gasteiger partial charge in [-0.15, -0.1) is 0 Å². The molecule has 8 heteroatoms. The van der Waals surface area contributed by atoms with Gasteiger partial charge in [0.15, 0.2) is 0 Å². The number of aromatic amines is 1. The summed E-state index contributed by atoms with van der Waals surface area (Å²) in [5.41, 5.74) is 2.19. The quantitative estimate of drug-likeness (QED) is 0.553. The molecule has 2 aromatic heterocycles. The zero-order chi connectivity index (χ0) is 21.3. The van der Waals surface area contributed by atoms with Crippen LogP contribution in [0, 0.1) is 5.82 Å². The average molecular weight is 405 g/mol. The van der Waals surface area contributed by atoms with Crippen LogP contribution >= 0.6 is 0 Å². The molecular formula is C22H20FN5O2. The smallest absolute Gasteiger partial charge is 0.258 e. The molecule has 0 unspecified atom stereocenters. The van der Waals surface area contributed by atoms with Crippen molar-refractivity contribution in [1.82, 2.24) is 24.6 Å². The third kappa shape index (κ3) is 3.59. The molecule has 2 aromatic carbocycles. The number of amides is 1. The summed E-state index contributed by atoms with van der Waals surface area (Å²) in [5, 5.41) is 4.83. The van der Waals surface area contributed by atoms with Gasteiger partial charge in [-0.2, -0.15) is 5.10 Å². The molecule has 4 aromatic rings. The largest absolute Gasteiger partial charge is 0.334 e. The number of benzene rings is 2. The Morgan fingerprint density at radius 2 is 1.90 bits per heavy atom. The number of hydrogen-bond donors (Lipinski definition) is 1. The number of halogens is 1. The van der Waals surface area contributed by atoms with Crippen LogP contribution in [0.3, 0.4) is 0 Å². The lowest BCUT2D eigenvalue weighted by atomic mass is 10.1. The molecule has 0 saturated carbocycles. The molecule has 152 valence electrons. The van der Waals surface area contributed by atoms with E-state index in [1.807, 2.05) is 13.0 Å². The van der Waals surface area contributed by atoms with E-state index in [0.717, 1.165) is 5.69 Å². The number of nitrogens with one attached hydrogen (secondary N) is 1. The fraction of sp³-hybridized carbons (Fsp3) is 0.182. The summed E-state index contributed by atoms with van der Waals surface area (Å²) >= 11 is 0. The number of nitrogens with zero attached hydrogens (tertiary/aromatic N) is 4. The minimum atomic E-state index is -0.336. The molecule has 7 nitrogen and oxygen atoms in total. The fourth-order valence-corrected chi connectivity index (χ4v) is 3.41. The van der Waals surface area contributed by atoms with Gasteiger partial charge in [-0.1, -0.05) is 19.1 Å². The standard InChI is InChI=1S/C22H20FN5O2/c1-3-19-17(12-24-28(19)15-10-8-14(23)9-11-15)22(30)27(2)13-20-25-18-7-5-4-6-16(18)21(29)26-20/h4-12H,3,13H2,1-2H3,(H,25,26,29). The van der Waals surface area contributed by atoms with Crippen molar-refractivity contribution in [2.75, 3.05) is 7.05 Å². The van der Waals surface area contributed by atoms with Gasteiger partial charge in [0.1, 0.15) is 11.6 Å². The number of carbonyl (C=O) groups excluding carboxylic acids is 1. The molecule has 0 spiro atoms. The Morgan fingerprint density at radius 3 is 2.63 bits per heavy atom. The maximum absolute atomic E-state index is 13.2. The monoisotopic (exact) mass is 405 g/mol. The number of carbonyl (C=O) groups is 1. The van der Waals surface area contributed by atoms with Gasteiger partial charge in [-0.3, -0.25) is 9.59 Å². The van der Waals surface area contributed by atoms with E-state index in [4.69, 9.17) is 0 Å². The first kappa shape index (κ1) is 19.5. The van der Waals surface area contributed by atoms with Gasteiger partial charge in [0.05, 0.1) is 40.6 Å². The molecule has 1 amide bonds.